The second kappa shape index (κ2) is 2.84. The Morgan fingerprint density at radius 1 is 1.54 bits per heavy atom. The molecule has 2 rings (SSSR count). The molecule has 2 fully saturated rings. The van der Waals surface area contributed by atoms with E-state index in [2.05, 4.69) is 5.32 Å². The number of nitrogens with zero attached hydrogens (tertiary/aromatic N) is 1. The van der Waals surface area contributed by atoms with E-state index in [1.54, 1.807) is 4.90 Å². The number of rotatable bonds is 1. The summed E-state index contributed by atoms with van der Waals surface area (Å²) in [5, 5.41) is 3.18. The van der Waals surface area contributed by atoms with Gasteiger partial charge in [0.15, 0.2) is 5.81 Å². The standard InChI is InChI=1S/C8H11BN2O2/c1-4(12)7-6-2-5(10-7)3-11(6)8(9)13/h5-7,10H,2-3H2,1H3. The van der Waals surface area contributed by atoms with Crippen molar-refractivity contribution in [1.82, 2.24) is 10.2 Å². The Morgan fingerprint density at radius 2 is 2.23 bits per heavy atom. The number of hydrogen-bond acceptors (Lipinski definition) is 3. The van der Waals surface area contributed by atoms with Gasteiger partial charge in [0.05, 0.1) is 12.1 Å². The minimum absolute atomic E-state index is 0.0139. The average Bonchev–Trinajstić information content (AvgIpc) is 2.60. The number of amides is 1. The van der Waals surface area contributed by atoms with Crippen molar-refractivity contribution in [2.24, 2.45) is 0 Å². The average molecular weight is 178 g/mol. The molecule has 2 bridgehead atoms. The molecule has 2 aliphatic heterocycles. The van der Waals surface area contributed by atoms with E-state index in [1.807, 2.05) is 0 Å². The van der Waals surface area contributed by atoms with E-state index in [4.69, 9.17) is 7.85 Å². The molecule has 2 heterocycles. The van der Waals surface area contributed by atoms with Crippen LogP contribution in [0.1, 0.15) is 13.3 Å². The van der Waals surface area contributed by atoms with Crippen LogP contribution in [0.2, 0.25) is 0 Å². The second-order valence-electron chi connectivity index (χ2n) is 3.75. The third-order valence-corrected chi connectivity index (χ3v) is 2.86. The Balaban J connectivity index is 2.15. The van der Waals surface area contributed by atoms with Crippen LogP contribution >= 0.6 is 0 Å². The van der Waals surface area contributed by atoms with E-state index >= 15 is 0 Å². The van der Waals surface area contributed by atoms with Gasteiger partial charge in [0.1, 0.15) is 5.78 Å². The predicted molar refractivity (Wildman–Crippen MR) is 47.7 cm³/mol. The number of Topliss-reactive ketones (excluding diaryl/α,β-unsaturated/α-hetero) is 1. The van der Waals surface area contributed by atoms with Gasteiger partial charge in [0.25, 0.3) is 0 Å². The van der Waals surface area contributed by atoms with Gasteiger partial charge in [-0.25, -0.2) is 0 Å². The number of carbonyl (C=O) groups is 2. The lowest BCUT2D eigenvalue weighted by atomic mass is 10.0. The molecule has 3 atom stereocenters. The van der Waals surface area contributed by atoms with E-state index in [-0.39, 0.29) is 23.9 Å². The van der Waals surface area contributed by atoms with Crippen molar-refractivity contribution in [2.75, 3.05) is 6.54 Å². The Labute approximate surface area is 78.1 Å². The molecule has 0 spiro atoms. The molecule has 5 heteroatoms. The van der Waals surface area contributed by atoms with Crippen LogP contribution in [0, 0.1) is 0 Å². The molecular weight excluding hydrogens is 167 g/mol. The highest BCUT2D eigenvalue weighted by atomic mass is 16.2. The minimum Gasteiger partial charge on any atom is -0.346 e. The third-order valence-electron chi connectivity index (χ3n) is 2.86. The lowest BCUT2D eigenvalue weighted by Gasteiger charge is -2.32. The first-order chi connectivity index (χ1) is 6.09. The highest BCUT2D eigenvalue weighted by molar-refractivity contribution is 6.57. The molecule has 0 aromatic rings. The number of carbonyl (C=O) groups excluding carboxylic acids is 2. The monoisotopic (exact) mass is 178 g/mol. The maximum atomic E-state index is 11.2. The van der Waals surface area contributed by atoms with Gasteiger partial charge in [-0.05, 0) is 13.3 Å². The molecule has 2 aliphatic rings. The van der Waals surface area contributed by atoms with E-state index in [0.29, 0.717) is 6.54 Å². The summed E-state index contributed by atoms with van der Waals surface area (Å²) >= 11 is 0. The number of nitrogens with one attached hydrogen (secondary N) is 1. The van der Waals surface area contributed by atoms with Crippen LogP contribution in [0.5, 0.6) is 0 Å². The molecule has 3 unspecified atom stereocenters. The molecule has 68 valence electrons. The summed E-state index contributed by atoms with van der Waals surface area (Å²) in [6.45, 7) is 2.18. The molecule has 4 nitrogen and oxygen atoms in total. The van der Waals surface area contributed by atoms with Crippen LogP contribution in [-0.2, 0) is 4.79 Å². The van der Waals surface area contributed by atoms with Gasteiger partial charge in [-0.15, -0.1) is 0 Å². The van der Waals surface area contributed by atoms with Gasteiger partial charge < -0.3 is 10.2 Å². The molecule has 2 saturated heterocycles. The molecule has 0 aliphatic carbocycles. The summed E-state index contributed by atoms with van der Waals surface area (Å²) in [6, 6.07) is 0.0395. The molecule has 13 heavy (non-hydrogen) atoms. The number of ketones is 1. The summed E-state index contributed by atoms with van der Waals surface area (Å²) in [7, 11) is 5.19. The second-order valence-corrected chi connectivity index (χ2v) is 3.75. The zero-order chi connectivity index (χ0) is 9.59. The van der Waals surface area contributed by atoms with Crippen molar-refractivity contribution in [3.05, 3.63) is 0 Å². The van der Waals surface area contributed by atoms with Crippen molar-refractivity contribution in [2.45, 2.75) is 31.5 Å². The number of hydrogen-bond donors (Lipinski definition) is 1. The van der Waals surface area contributed by atoms with Gasteiger partial charge in [0, 0.05) is 12.6 Å². The smallest absolute Gasteiger partial charge is 0.200 e. The largest absolute Gasteiger partial charge is 0.346 e. The van der Waals surface area contributed by atoms with Crippen molar-refractivity contribution >= 4 is 19.4 Å². The third kappa shape index (κ3) is 1.27. The van der Waals surface area contributed by atoms with Gasteiger partial charge in [-0.3, -0.25) is 9.59 Å². The van der Waals surface area contributed by atoms with Crippen LogP contribution in [0.25, 0.3) is 0 Å². The lowest BCUT2D eigenvalue weighted by Crippen LogP contribution is -2.55. The minimum atomic E-state index is -0.416. The van der Waals surface area contributed by atoms with Crippen molar-refractivity contribution in [3.8, 4) is 0 Å². The first-order valence-corrected chi connectivity index (χ1v) is 4.42. The summed E-state index contributed by atoms with van der Waals surface area (Å²) < 4.78 is 0. The Morgan fingerprint density at radius 3 is 2.69 bits per heavy atom. The summed E-state index contributed by atoms with van der Waals surface area (Å²) in [4.78, 5) is 23.7. The van der Waals surface area contributed by atoms with Crippen LogP contribution in [0.15, 0.2) is 0 Å². The molecule has 2 radical (unpaired) electrons. The molecule has 0 aromatic heterocycles. The SMILES string of the molecule is [B]C(=O)N1CC2CC1C(C(C)=O)N2. The maximum absolute atomic E-state index is 11.2. The van der Waals surface area contributed by atoms with Crippen LogP contribution in [-0.4, -0.2) is 49.0 Å². The summed E-state index contributed by atoms with van der Waals surface area (Å²) in [5.41, 5.74) is 0. The molecule has 1 amide bonds. The van der Waals surface area contributed by atoms with E-state index in [0.717, 1.165) is 6.42 Å². The first-order valence-electron chi connectivity index (χ1n) is 4.42. The van der Waals surface area contributed by atoms with Crippen molar-refractivity contribution < 1.29 is 9.59 Å². The molecule has 0 aromatic carbocycles. The van der Waals surface area contributed by atoms with Gasteiger partial charge >= 0.3 is 0 Å². The number of fused-ring (bicyclic) bond motifs is 2. The molecule has 0 saturated carbocycles. The topological polar surface area (TPSA) is 49.4 Å². The summed E-state index contributed by atoms with van der Waals surface area (Å²) in [6.07, 6.45) is 0.854. The fraction of sp³-hybridized carbons (Fsp3) is 0.750. The van der Waals surface area contributed by atoms with Crippen LogP contribution in [0.4, 0.5) is 4.79 Å². The fourth-order valence-electron chi connectivity index (χ4n) is 2.31. The zero-order valence-electron chi connectivity index (χ0n) is 7.49. The molecular formula is C8H11BN2O2. The van der Waals surface area contributed by atoms with Crippen LogP contribution < -0.4 is 5.32 Å². The van der Waals surface area contributed by atoms with E-state index in [9.17, 15) is 9.59 Å². The number of piperazine rings is 1. The highest BCUT2D eigenvalue weighted by Crippen LogP contribution is 2.28. The van der Waals surface area contributed by atoms with Gasteiger partial charge in [0.2, 0.25) is 7.85 Å². The highest BCUT2D eigenvalue weighted by Gasteiger charge is 2.46. The van der Waals surface area contributed by atoms with Crippen LogP contribution in [0.3, 0.4) is 0 Å². The quantitative estimate of drug-likeness (QED) is 0.539. The Bertz CT molecular complexity index is 245. The van der Waals surface area contributed by atoms with Crippen molar-refractivity contribution in [1.29, 1.82) is 0 Å². The first kappa shape index (κ1) is 8.75. The van der Waals surface area contributed by atoms with E-state index < -0.39 is 5.81 Å². The Kier molecular flexibility index (Phi) is 1.91. The predicted octanol–water partition coefficient (Wildman–Crippen LogP) is -0.721. The van der Waals surface area contributed by atoms with E-state index in [1.165, 1.54) is 6.92 Å². The maximum Gasteiger partial charge on any atom is 0.200 e. The molecule has 1 N–H and O–H groups in total. The zero-order valence-corrected chi connectivity index (χ0v) is 7.49. The van der Waals surface area contributed by atoms with Gasteiger partial charge in [-0.1, -0.05) is 0 Å². The van der Waals surface area contributed by atoms with Crippen molar-refractivity contribution in [3.63, 3.8) is 0 Å². The number of likely N-dealkylation sites (tertiary alicyclic amines) is 1. The lowest BCUT2D eigenvalue weighted by molar-refractivity contribution is -0.119. The summed E-state index contributed by atoms with van der Waals surface area (Å²) in [5.74, 6) is -0.335. The fourth-order valence-corrected chi connectivity index (χ4v) is 2.31. The normalized spacial score (nSPS) is 36.7. The Hall–Kier alpha value is -0.835. The van der Waals surface area contributed by atoms with Gasteiger partial charge in [-0.2, -0.15) is 0 Å².